The molecule has 0 bridgehead atoms. The number of aromatic amines is 1. The normalized spacial score (nSPS) is 13.2. The van der Waals surface area contributed by atoms with Crippen molar-refractivity contribution in [3.8, 4) is 34.0 Å². The van der Waals surface area contributed by atoms with Crippen LogP contribution >= 0.6 is 0 Å². The molecule has 0 fully saturated rings. The van der Waals surface area contributed by atoms with Gasteiger partial charge in [0.25, 0.3) is 5.56 Å². The van der Waals surface area contributed by atoms with E-state index in [1.807, 2.05) is 99.7 Å². The largest absolute Gasteiger partial charge is 0.483 e. The van der Waals surface area contributed by atoms with Crippen molar-refractivity contribution in [2.45, 2.75) is 52.6 Å². The van der Waals surface area contributed by atoms with E-state index < -0.39 is 5.76 Å². The van der Waals surface area contributed by atoms with E-state index in [2.05, 4.69) is 17.1 Å². The number of ether oxygens (including phenoxy) is 1. The Labute approximate surface area is 271 Å². The standard InChI is InChI=1S/C34H32N4O4.Na/c1-5-8-29-28(32(39)38(21(2)35-29)25-15-16-30-24(20-25)17-18-34(3,4)41-30)19-22-11-13-23(14-12-22)26-9-6-7-10-27(26)31-36-33(40)42-37-31;/h6-7,9-18,20H,5,8,19H2,1-4H3,(H,36,37,40);. The van der Waals surface area contributed by atoms with Crippen LogP contribution in [0.5, 0.6) is 5.75 Å². The molecule has 213 valence electrons. The van der Waals surface area contributed by atoms with Gasteiger partial charge in [-0.3, -0.25) is 18.9 Å². The molecule has 3 aromatic carbocycles. The topological polar surface area (TPSA) is 103 Å². The molecule has 0 atom stereocenters. The second-order valence-electron chi connectivity index (χ2n) is 11.1. The van der Waals surface area contributed by atoms with Crippen molar-refractivity contribution in [1.29, 1.82) is 0 Å². The minimum absolute atomic E-state index is 0. The maximum Gasteiger partial charge on any atom is 0.439 e. The van der Waals surface area contributed by atoms with Crippen LogP contribution in [0.3, 0.4) is 0 Å². The Hall–Kier alpha value is -3.98. The van der Waals surface area contributed by atoms with Crippen molar-refractivity contribution in [2.24, 2.45) is 0 Å². The monoisotopic (exact) mass is 583 g/mol. The summed E-state index contributed by atoms with van der Waals surface area (Å²) in [6, 6.07) is 21.6. The predicted molar refractivity (Wildman–Crippen MR) is 169 cm³/mol. The first-order valence-electron chi connectivity index (χ1n) is 14.1. The number of benzene rings is 3. The van der Waals surface area contributed by atoms with E-state index in [0.29, 0.717) is 23.6 Å². The van der Waals surface area contributed by atoms with Crippen LogP contribution in [0.25, 0.3) is 34.3 Å². The zero-order chi connectivity index (χ0) is 29.4. The summed E-state index contributed by atoms with van der Waals surface area (Å²) >= 11 is 0. The maximum atomic E-state index is 14.1. The Kier molecular flexibility index (Phi) is 8.74. The minimum Gasteiger partial charge on any atom is -0.483 e. The molecule has 0 amide bonds. The van der Waals surface area contributed by atoms with Gasteiger partial charge in [0.1, 0.15) is 17.2 Å². The van der Waals surface area contributed by atoms with Crippen molar-refractivity contribution in [3.05, 3.63) is 122 Å². The van der Waals surface area contributed by atoms with E-state index in [4.69, 9.17) is 14.2 Å². The maximum absolute atomic E-state index is 14.1. The number of hydrogen-bond acceptors (Lipinski definition) is 6. The average molecular weight is 584 g/mol. The molecule has 5 aromatic rings. The van der Waals surface area contributed by atoms with Gasteiger partial charge in [0.15, 0.2) is 5.82 Å². The van der Waals surface area contributed by atoms with Gasteiger partial charge < -0.3 is 4.74 Å². The second kappa shape index (κ2) is 12.3. The second-order valence-corrected chi connectivity index (χ2v) is 11.1. The fraction of sp³-hybridized carbons (Fsp3) is 0.235. The molecule has 3 heterocycles. The molecule has 6 rings (SSSR count). The van der Waals surface area contributed by atoms with Crippen LogP contribution in [0.1, 0.15) is 55.4 Å². The molecule has 43 heavy (non-hydrogen) atoms. The zero-order valence-electron chi connectivity index (χ0n) is 25.1. The van der Waals surface area contributed by atoms with Crippen LogP contribution in [0.15, 0.2) is 86.9 Å². The number of aryl methyl sites for hydroxylation is 2. The third-order valence-electron chi connectivity index (χ3n) is 7.47. The van der Waals surface area contributed by atoms with E-state index in [0.717, 1.165) is 57.8 Å². The van der Waals surface area contributed by atoms with Gasteiger partial charge in [0.05, 0.1) is 11.4 Å². The molecule has 0 spiro atoms. The van der Waals surface area contributed by atoms with Crippen LogP contribution in [0, 0.1) is 6.92 Å². The van der Waals surface area contributed by atoms with Crippen molar-refractivity contribution in [1.82, 2.24) is 19.7 Å². The number of hydrogen-bond donors (Lipinski definition) is 1. The number of fused-ring (bicyclic) bond motifs is 1. The molecule has 2 aromatic heterocycles. The summed E-state index contributed by atoms with van der Waals surface area (Å²) in [5, 5.41) is 3.86. The molecule has 0 unspecified atom stereocenters. The van der Waals surface area contributed by atoms with E-state index in [9.17, 15) is 9.59 Å². The Balaban J connectivity index is 0.00000368. The molecular weight excluding hydrogens is 551 g/mol. The van der Waals surface area contributed by atoms with Gasteiger partial charge in [0.2, 0.25) is 0 Å². The van der Waals surface area contributed by atoms with Crippen LogP contribution < -0.4 is 16.1 Å². The van der Waals surface area contributed by atoms with Crippen LogP contribution in [-0.2, 0) is 12.8 Å². The van der Waals surface area contributed by atoms with E-state index in [-0.39, 0.29) is 40.7 Å². The SMILES string of the molecule is CCCc1nc(C)n(-c2ccc3c(c2)C=CC(C)(C)O3)c(=O)c1Cc1ccc(-c2ccccc2-c2noc(=O)[nH]2)cc1.[Na]. The molecule has 1 radical (unpaired) electrons. The van der Waals surface area contributed by atoms with Gasteiger partial charge in [-0.05, 0) is 68.2 Å². The summed E-state index contributed by atoms with van der Waals surface area (Å²) in [6.45, 7) is 8.01. The molecular formula is C34H32N4NaO4. The van der Waals surface area contributed by atoms with Crippen molar-refractivity contribution >= 4 is 35.6 Å². The molecule has 9 heteroatoms. The molecule has 8 nitrogen and oxygen atoms in total. The van der Waals surface area contributed by atoms with Crippen LogP contribution in [-0.4, -0.2) is 54.9 Å². The van der Waals surface area contributed by atoms with Crippen molar-refractivity contribution < 1.29 is 9.26 Å². The summed E-state index contributed by atoms with van der Waals surface area (Å²) in [6.07, 6.45) is 6.14. The fourth-order valence-corrected chi connectivity index (χ4v) is 5.44. The molecule has 0 aliphatic carbocycles. The van der Waals surface area contributed by atoms with E-state index in [1.54, 1.807) is 4.57 Å². The Morgan fingerprint density at radius 3 is 2.42 bits per heavy atom. The Morgan fingerprint density at radius 2 is 1.72 bits per heavy atom. The third-order valence-corrected chi connectivity index (χ3v) is 7.47. The molecule has 1 N–H and O–H groups in total. The van der Waals surface area contributed by atoms with Crippen LogP contribution in [0.2, 0.25) is 0 Å². The summed E-state index contributed by atoms with van der Waals surface area (Å²) in [7, 11) is 0. The third kappa shape index (κ3) is 6.22. The molecule has 1 aliphatic rings. The number of H-pyrrole nitrogens is 1. The number of aromatic nitrogens is 4. The minimum atomic E-state index is -0.598. The molecule has 0 saturated carbocycles. The van der Waals surface area contributed by atoms with Gasteiger partial charge >= 0.3 is 5.76 Å². The Bertz CT molecular complexity index is 1930. The van der Waals surface area contributed by atoms with Gasteiger partial charge in [0, 0.05) is 52.7 Å². The van der Waals surface area contributed by atoms with Gasteiger partial charge in [-0.15, -0.1) is 0 Å². The first-order valence-corrected chi connectivity index (χ1v) is 14.1. The summed E-state index contributed by atoms with van der Waals surface area (Å²) in [5.74, 6) is 1.23. The first-order chi connectivity index (χ1) is 20.2. The summed E-state index contributed by atoms with van der Waals surface area (Å²) < 4.78 is 12.5. The number of rotatable bonds is 7. The van der Waals surface area contributed by atoms with Gasteiger partial charge in [-0.2, -0.15) is 0 Å². The molecule has 1 aliphatic heterocycles. The number of nitrogens with one attached hydrogen (secondary N) is 1. The number of nitrogens with zero attached hydrogens (tertiary/aromatic N) is 3. The Morgan fingerprint density at radius 1 is 0.977 bits per heavy atom. The smallest absolute Gasteiger partial charge is 0.439 e. The van der Waals surface area contributed by atoms with Crippen LogP contribution in [0.4, 0.5) is 0 Å². The van der Waals surface area contributed by atoms with Crippen molar-refractivity contribution in [2.75, 3.05) is 0 Å². The fourth-order valence-electron chi connectivity index (χ4n) is 5.44. The summed E-state index contributed by atoms with van der Waals surface area (Å²) in [4.78, 5) is 33.1. The predicted octanol–water partition coefficient (Wildman–Crippen LogP) is 5.90. The van der Waals surface area contributed by atoms with Gasteiger partial charge in [-0.25, -0.2) is 9.78 Å². The molecule has 0 saturated heterocycles. The van der Waals surface area contributed by atoms with E-state index in [1.165, 1.54) is 0 Å². The van der Waals surface area contributed by atoms with E-state index >= 15 is 0 Å². The van der Waals surface area contributed by atoms with Crippen molar-refractivity contribution in [3.63, 3.8) is 0 Å². The quantitative estimate of drug-likeness (QED) is 0.240. The zero-order valence-corrected chi connectivity index (χ0v) is 27.1. The first kappa shape index (κ1) is 30.5. The average Bonchev–Trinajstić information content (AvgIpc) is 3.41. The summed E-state index contributed by atoms with van der Waals surface area (Å²) in [5.41, 5.74) is 6.43. The van der Waals surface area contributed by atoms with Gasteiger partial charge in [-0.1, -0.05) is 73.1 Å².